The van der Waals surface area contributed by atoms with E-state index in [-0.39, 0.29) is 10.0 Å². The second kappa shape index (κ2) is 4.36. The Balaban J connectivity index is 3.29. The summed E-state index contributed by atoms with van der Waals surface area (Å²) in [6, 6.07) is 0.687. The molecule has 0 atom stereocenters. The Morgan fingerprint density at radius 2 is 2.13 bits per heavy atom. The standard InChI is InChI=1S/C7H3BrClF3N2O/c8-4-2-13-5(7(10,11)12)1-3(4)6(9)14-15/h1-2,15H. The minimum Gasteiger partial charge on any atom is -0.410 e. The lowest BCUT2D eigenvalue weighted by molar-refractivity contribution is -0.141. The molecule has 0 aliphatic carbocycles. The fourth-order valence-corrected chi connectivity index (χ4v) is 1.48. The average Bonchev–Trinajstić information content (AvgIpc) is 2.15. The van der Waals surface area contributed by atoms with Gasteiger partial charge in [0, 0.05) is 16.2 Å². The van der Waals surface area contributed by atoms with Gasteiger partial charge in [0.15, 0.2) is 5.17 Å². The lowest BCUT2D eigenvalue weighted by Crippen LogP contribution is -2.09. The van der Waals surface area contributed by atoms with Crippen molar-refractivity contribution in [3.63, 3.8) is 0 Å². The fourth-order valence-electron chi connectivity index (χ4n) is 0.806. The zero-order valence-corrected chi connectivity index (χ0v) is 9.23. The highest BCUT2D eigenvalue weighted by atomic mass is 79.9. The Labute approximate surface area is 95.7 Å². The zero-order chi connectivity index (χ0) is 11.6. The van der Waals surface area contributed by atoms with Crippen molar-refractivity contribution in [1.82, 2.24) is 4.98 Å². The predicted octanol–water partition coefficient (Wildman–Crippen LogP) is 3.24. The highest BCUT2D eigenvalue weighted by Crippen LogP contribution is 2.30. The molecule has 1 heterocycles. The number of rotatable bonds is 1. The molecule has 0 radical (unpaired) electrons. The van der Waals surface area contributed by atoms with Gasteiger partial charge < -0.3 is 5.21 Å². The van der Waals surface area contributed by atoms with Crippen LogP contribution in [0.3, 0.4) is 0 Å². The quantitative estimate of drug-likeness (QED) is 0.492. The largest absolute Gasteiger partial charge is 0.433 e. The zero-order valence-electron chi connectivity index (χ0n) is 6.89. The number of oxime groups is 1. The van der Waals surface area contributed by atoms with Gasteiger partial charge in [0.05, 0.1) is 0 Å². The van der Waals surface area contributed by atoms with Crippen molar-refractivity contribution in [3.05, 3.63) is 28.0 Å². The monoisotopic (exact) mass is 302 g/mol. The summed E-state index contributed by atoms with van der Waals surface area (Å²) in [6.45, 7) is 0. The van der Waals surface area contributed by atoms with Crippen molar-refractivity contribution >= 4 is 32.7 Å². The molecule has 0 amide bonds. The molecule has 1 N–H and O–H groups in total. The molecule has 8 heteroatoms. The minimum absolute atomic E-state index is 0.0820. The lowest BCUT2D eigenvalue weighted by atomic mass is 10.2. The molecule has 1 aromatic heterocycles. The molecule has 0 saturated carbocycles. The van der Waals surface area contributed by atoms with Crippen LogP contribution in [-0.2, 0) is 6.18 Å². The number of hydrogen-bond acceptors (Lipinski definition) is 3. The van der Waals surface area contributed by atoms with Gasteiger partial charge in [-0.1, -0.05) is 16.8 Å². The van der Waals surface area contributed by atoms with Crippen LogP contribution >= 0.6 is 27.5 Å². The molecule has 0 aliphatic rings. The first-order valence-electron chi connectivity index (χ1n) is 3.47. The third-order valence-electron chi connectivity index (χ3n) is 1.46. The number of alkyl halides is 3. The summed E-state index contributed by atoms with van der Waals surface area (Å²) in [5, 5.41) is 10.5. The molecule has 0 aromatic carbocycles. The maximum absolute atomic E-state index is 12.2. The van der Waals surface area contributed by atoms with Gasteiger partial charge in [-0.05, 0) is 22.0 Å². The van der Waals surface area contributed by atoms with Gasteiger partial charge in [-0.3, -0.25) is 4.98 Å². The Morgan fingerprint density at radius 3 is 2.60 bits per heavy atom. The summed E-state index contributed by atoms with van der Waals surface area (Å²) >= 11 is 8.33. The van der Waals surface area contributed by atoms with Crippen LogP contribution in [0.1, 0.15) is 11.3 Å². The lowest BCUT2D eigenvalue weighted by Gasteiger charge is -2.07. The molecule has 0 fully saturated rings. The average molecular weight is 303 g/mol. The molecule has 1 aromatic rings. The highest BCUT2D eigenvalue weighted by Gasteiger charge is 2.33. The molecule has 0 bridgehead atoms. The van der Waals surface area contributed by atoms with Crippen LogP contribution in [0.25, 0.3) is 0 Å². The van der Waals surface area contributed by atoms with Crippen LogP contribution in [0.15, 0.2) is 21.9 Å². The third-order valence-corrected chi connectivity index (χ3v) is 2.37. The SMILES string of the molecule is ON=C(Cl)c1cc(C(F)(F)F)ncc1Br. The third kappa shape index (κ3) is 2.82. The first-order valence-corrected chi connectivity index (χ1v) is 4.64. The first kappa shape index (κ1) is 12.3. The van der Waals surface area contributed by atoms with Crippen LogP contribution in [0.2, 0.25) is 0 Å². The molecule has 0 unspecified atom stereocenters. The summed E-state index contributed by atoms with van der Waals surface area (Å²) in [6.07, 6.45) is -3.63. The van der Waals surface area contributed by atoms with Crippen molar-refractivity contribution in [2.24, 2.45) is 5.16 Å². The van der Waals surface area contributed by atoms with E-state index in [1.54, 1.807) is 0 Å². The smallest absolute Gasteiger partial charge is 0.410 e. The maximum Gasteiger partial charge on any atom is 0.433 e. The highest BCUT2D eigenvalue weighted by molar-refractivity contribution is 9.10. The van der Waals surface area contributed by atoms with Gasteiger partial charge in [-0.2, -0.15) is 13.2 Å². The topological polar surface area (TPSA) is 45.5 Å². The Hall–Kier alpha value is -0.820. The van der Waals surface area contributed by atoms with Crippen molar-refractivity contribution in [3.8, 4) is 0 Å². The molecule has 0 saturated heterocycles. The van der Waals surface area contributed by atoms with Gasteiger partial charge in [0.2, 0.25) is 0 Å². The van der Waals surface area contributed by atoms with Crippen LogP contribution in [-0.4, -0.2) is 15.4 Å². The Kier molecular flexibility index (Phi) is 3.56. The van der Waals surface area contributed by atoms with Crippen LogP contribution in [0, 0.1) is 0 Å². The van der Waals surface area contributed by atoms with Crippen LogP contribution in [0.4, 0.5) is 13.2 Å². The maximum atomic E-state index is 12.2. The van der Waals surface area contributed by atoms with Gasteiger partial charge in [0.1, 0.15) is 5.69 Å². The molecule has 0 spiro atoms. The molecular formula is C7H3BrClF3N2O. The van der Waals surface area contributed by atoms with Crippen LogP contribution in [0.5, 0.6) is 0 Å². The summed E-state index contributed by atoms with van der Waals surface area (Å²) < 4.78 is 36.9. The first-order chi connectivity index (χ1) is 6.86. The molecule has 3 nitrogen and oxygen atoms in total. The van der Waals surface area contributed by atoms with Gasteiger partial charge >= 0.3 is 6.18 Å². The van der Waals surface area contributed by atoms with Crippen molar-refractivity contribution < 1.29 is 18.4 Å². The van der Waals surface area contributed by atoms with E-state index in [1.165, 1.54) is 0 Å². The minimum atomic E-state index is -4.57. The van der Waals surface area contributed by atoms with E-state index in [1.807, 2.05) is 0 Å². The second-order valence-corrected chi connectivity index (χ2v) is 3.65. The van der Waals surface area contributed by atoms with Gasteiger partial charge in [-0.15, -0.1) is 0 Å². The molecule has 1 rings (SSSR count). The van der Waals surface area contributed by atoms with E-state index in [0.29, 0.717) is 6.07 Å². The predicted molar refractivity (Wildman–Crippen MR) is 51.1 cm³/mol. The number of nitrogens with zero attached hydrogens (tertiary/aromatic N) is 2. The van der Waals surface area contributed by atoms with Crippen molar-refractivity contribution in [2.45, 2.75) is 6.18 Å². The van der Waals surface area contributed by atoms with E-state index in [2.05, 4.69) is 26.1 Å². The number of hydrogen-bond donors (Lipinski definition) is 1. The second-order valence-electron chi connectivity index (χ2n) is 2.44. The van der Waals surface area contributed by atoms with E-state index in [0.717, 1.165) is 6.20 Å². The van der Waals surface area contributed by atoms with E-state index in [4.69, 9.17) is 16.8 Å². The number of halogens is 5. The molecule has 82 valence electrons. The van der Waals surface area contributed by atoms with Crippen molar-refractivity contribution in [2.75, 3.05) is 0 Å². The molecule has 0 aliphatic heterocycles. The van der Waals surface area contributed by atoms with E-state index in [9.17, 15) is 13.2 Å². The van der Waals surface area contributed by atoms with E-state index >= 15 is 0 Å². The summed E-state index contributed by atoms with van der Waals surface area (Å²) in [5.74, 6) is 0. The summed E-state index contributed by atoms with van der Waals surface area (Å²) in [5.41, 5.74) is -1.19. The Bertz CT molecular complexity index is 408. The number of aromatic nitrogens is 1. The van der Waals surface area contributed by atoms with Gasteiger partial charge in [-0.25, -0.2) is 0 Å². The molecule has 15 heavy (non-hydrogen) atoms. The number of pyridine rings is 1. The van der Waals surface area contributed by atoms with Crippen molar-refractivity contribution in [1.29, 1.82) is 0 Å². The van der Waals surface area contributed by atoms with E-state index < -0.39 is 17.0 Å². The Morgan fingerprint density at radius 1 is 1.53 bits per heavy atom. The normalized spacial score (nSPS) is 13.0. The fraction of sp³-hybridized carbons (Fsp3) is 0.143. The molecular weight excluding hydrogens is 300 g/mol. The summed E-state index contributed by atoms with van der Waals surface area (Å²) in [4.78, 5) is 3.16. The van der Waals surface area contributed by atoms with Crippen LogP contribution < -0.4 is 0 Å². The summed E-state index contributed by atoms with van der Waals surface area (Å²) in [7, 11) is 0. The van der Waals surface area contributed by atoms with Gasteiger partial charge in [0.25, 0.3) is 0 Å².